The zero-order valence-corrected chi connectivity index (χ0v) is 19.1. The standard InChI is InChI=1S/C22H26N2O5S2/c1-3-15(25)16-19(27)24-17(21(28)29)22(31-20(16)24)30-14-9-10-23(11-14)12(2)18(26)13-7-5-4-6-8-13/h4-8,12,14-16,20,25H,3,9-11H2,1-2H3,(H,28,29). The smallest absolute Gasteiger partial charge is 0.354 e. The van der Waals surface area contributed by atoms with Gasteiger partial charge in [0.25, 0.3) is 0 Å². The first-order chi connectivity index (χ1) is 14.8. The molecule has 5 atom stereocenters. The van der Waals surface area contributed by atoms with E-state index >= 15 is 0 Å². The van der Waals surface area contributed by atoms with E-state index in [-0.39, 0.29) is 34.1 Å². The predicted molar refractivity (Wildman–Crippen MR) is 120 cm³/mol. The summed E-state index contributed by atoms with van der Waals surface area (Å²) in [6.45, 7) is 5.17. The van der Waals surface area contributed by atoms with Crippen LogP contribution in [0.15, 0.2) is 40.3 Å². The van der Waals surface area contributed by atoms with Crippen LogP contribution in [0.4, 0.5) is 0 Å². The van der Waals surface area contributed by atoms with E-state index in [2.05, 4.69) is 4.90 Å². The van der Waals surface area contributed by atoms with E-state index in [9.17, 15) is 24.6 Å². The number of thioether (sulfide) groups is 2. The van der Waals surface area contributed by atoms with E-state index in [4.69, 9.17) is 0 Å². The molecule has 0 saturated carbocycles. The molecule has 0 radical (unpaired) electrons. The number of carboxylic acid groups (broad SMARTS) is 1. The maximum atomic E-state index is 12.8. The molecule has 3 aliphatic heterocycles. The first-order valence-corrected chi connectivity index (χ1v) is 12.2. The number of aliphatic hydroxyl groups excluding tert-OH is 1. The van der Waals surface area contributed by atoms with Crippen LogP contribution in [0.1, 0.15) is 37.0 Å². The molecular formula is C22H26N2O5S2. The summed E-state index contributed by atoms with van der Waals surface area (Å²) < 4.78 is 0.630. The third-order valence-corrected chi connectivity index (χ3v) is 9.07. The molecule has 1 aromatic rings. The van der Waals surface area contributed by atoms with Crippen LogP contribution in [-0.4, -0.2) is 73.5 Å². The number of fused-ring (bicyclic) bond motifs is 1. The lowest BCUT2D eigenvalue weighted by molar-refractivity contribution is -0.157. The second-order valence-electron chi connectivity index (χ2n) is 8.09. The van der Waals surface area contributed by atoms with Crippen molar-refractivity contribution in [3.05, 3.63) is 45.8 Å². The highest BCUT2D eigenvalue weighted by Crippen LogP contribution is 2.55. The van der Waals surface area contributed by atoms with Crippen molar-refractivity contribution >= 4 is 41.2 Å². The number of carbonyl (C=O) groups excluding carboxylic acids is 2. The lowest BCUT2D eigenvalue weighted by atomic mass is 9.90. The topological polar surface area (TPSA) is 98.2 Å². The molecule has 2 fully saturated rings. The number of aliphatic hydroxyl groups is 1. The second-order valence-corrected chi connectivity index (χ2v) is 10.8. The molecule has 0 bridgehead atoms. The minimum Gasteiger partial charge on any atom is -0.477 e. The predicted octanol–water partition coefficient (Wildman–Crippen LogP) is 2.62. The molecule has 0 aliphatic carbocycles. The van der Waals surface area contributed by atoms with Gasteiger partial charge in [0.15, 0.2) is 11.5 Å². The maximum absolute atomic E-state index is 12.8. The average Bonchev–Trinajstić information content (AvgIpc) is 3.36. The Morgan fingerprint density at radius 3 is 2.65 bits per heavy atom. The van der Waals surface area contributed by atoms with Crippen molar-refractivity contribution in [1.82, 2.24) is 9.80 Å². The number of Topliss-reactive ketones (excluding diaryl/α,β-unsaturated/α-hetero) is 1. The summed E-state index contributed by atoms with van der Waals surface area (Å²) in [5, 5.41) is 19.7. The average molecular weight is 463 g/mol. The molecule has 166 valence electrons. The summed E-state index contributed by atoms with van der Waals surface area (Å²) in [5.74, 6) is -1.89. The van der Waals surface area contributed by atoms with Gasteiger partial charge in [-0.05, 0) is 19.8 Å². The molecule has 5 unspecified atom stereocenters. The Morgan fingerprint density at radius 2 is 2.00 bits per heavy atom. The highest BCUT2D eigenvalue weighted by Gasteiger charge is 2.58. The minimum absolute atomic E-state index is 0.0383. The summed E-state index contributed by atoms with van der Waals surface area (Å²) in [6.07, 6.45) is 0.539. The SMILES string of the molecule is CCC(O)C1C(=O)N2C(C(=O)O)=C(SC3CCN(C(C)C(=O)c4ccccc4)C3)SC12. The minimum atomic E-state index is -1.11. The molecule has 9 heteroatoms. The third-order valence-electron chi connectivity index (χ3n) is 6.22. The highest BCUT2D eigenvalue weighted by atomic mass is 32.2. The fourth-order valence-electron chi connectivity index (χ4n) is 4.36. The zero-order valence-electron chi connectivity index (χ0n) is 17.4. The summed E-state index contributed by atoms with van der Waals surface area (Å²) in [5.41, 5.74) is 0.730. The van der Waals surface area contributed by atoms with Crippen LogP contribution in [0.25, 0.3) is 0 Å². The first-order valence-electron chi connectivity index (χ1n) is 10.5. The largest absolute Gasteiger partial charge is 0.477 e. The molecule has 0 aromatic heterocycles. The van der Waals surface area contributed by atoms with Gasteiger partial charge in [0.05, 0.1) is 22.3 Å². The van der Waals surface area contributed by atoms with Crippen LogP contribution in [0.3, 0.4) is 0 Å². The molecule has 1 aromatic carbocycles. The van der Waals surface area contributed by atoms with Crippen LogP contribution in [-0.2, 0) is 9.59 Å². The van der Waals surface area contributed by atoms with Crippen LogP contribution in [0.2, 0.25) is 0 Å². The number of hydrogen-bond donors (Lipinski definition) is 2. The van der Waals surface area contributed by atoms with Crippen LogP contribution in [0.5, 0.6) is 0 Å². The molecule has 31 heavy (non-hydrogen) atoms. The van der Waals surface area contributed by atoms with E-state index < -0.39 is 18.0 Å². The molecule has 3 heterocycles. The van der Waals surface area contributed by atoms with Crippen molar-refractivity contribution < 1.29 is 24.6 Å². The number of β-lactam (4-membered cyclic amide) rings is 1. The Labute approximate surface area is 189 Å². The van der Waals surface area contributed by atoms with E-state index in [0.717, 1.165) is 13.0 Å². The van der Waals surface area contributed by atoms with Crippen molar-refractivity contribution in [2.24, 2.45) is 5.92 Å². The Morgan fingerprint density at radius 1 is 1.29 bits per heavy atom. The van der Waals surface area contributed by atoms with Gasteiger partial charge in [-0.25, -0.2) is 4.79 Å². The van der Waals surface area contributed by atoms with E-state index in [1.807, 2.05) is 44.2 Å². The van der Waals surface area contributed by atoms with E-state index in [0.29, 0.717) is 22.8 Å². The molecule has 0 spiro atoms. The highest BCUT2D eigenvalue weighted by molar-refractivity contribution is 8.23. The fourth-order valence-corrected chi connectivity index (χ4v) is 7.65. The number of nitrogens with zero attached hydrogens (tertiary/aromatic N) is 2. The maximum Gasteiger partial charge on any atom is 0.354 e. The molecule has 2 N–H and O–H groups in total. The van der Waals surface area contributed by atoms with Crippen LogP contribution < -0.4 is 0 Å². The lowest BCUT2D eigenvalue weighted by Crippen LogP contribution is -2.61. The number of ketones is 1. The number of amides is 1. The van der Waals surface area contributed by atoms with Crippen molar-refractivity contribution in [2.45, 2.75) is 49.5 Å². The van der Waals surface area contributed by atoms with Gasteiger partial charge < -0.3 is 10.2 Å². The first kappa shape index (κ1) is 22.4. The fraction of sp³-hybridized carbons (Fsp3) is 0.500. The number of rotatable bonds is 8. The number of benzene rings is 1. The number of likely N-dealkylation sites (tertiary alicyclic amines) is 1. The van der Waals surface area contributed by atoms with Crippen molar-refractivity contribution in [1.29, 1.82) is 0 Å². The van der Waals surface area contributed by atoms with Gasteiger partial charge in [-0.15, -0.1) is 11.8 Å². The molecule has 7 nitrogen and oxygen atoms in total. The Kier molecular flexibility index (Phi) is 6.48. The van der Waals surface area contributed by atoms with Gasteiger partial charge in [0, 0.05) is 23.9 Å². The van der Waals surface area contributed by atoms with Crippen molar-refractivity contribution in [3.63, 3.8) is 0 Å². The van der Waals surface area contributed by atoms with Gasteiger partial charge in [-0.1, -0.05) is 49.0 Å². The monoisotopic (exact) mass is 462 g/mol. The molecule has 4 rings (SSSR count). The number of hydrogen-bond acceptors (Lipinski definition) is 7. The van der Waals surface area contributed by atoms with Gasteiger partial charge in [-0.2, -0.15) is 0 Å². The number of carbonyl (C=O) groups is 3. The Balaban J connectivity index is 1.42. The molecule has 3 aliphatic rings. The van der Waals surface area contributed by atoms with E-state index in [1.165, 1.54) is 28.4 Å². The van der Waals surface area contributed by atoms with Gasteiger partial charge in [-0.3, -0.25) is 19.4 Å². The Hall–Kier alpha value is -1.81. The summed E-state index contributed by atoms with van der Waals surface area (Å²) in [6, 6.07) is 8.99. The van der Waals surface area contributed by atoms with Crippen LogP contribution >= 0.6 is 23.5 Å². The number of carboxylic acids is 1. The molecular weight excluding hydrogens is 436 g/mol. The Bertz CT molecular complexity index is 922. The quantitative estimate of drug-likeness (QED) is 0.449. The molecule has 1 amide bonds. The summed E-state index contributed by atoms with van der Waals surface area (Å²) >= 11 is 2.86. The summed E-state index contributed by atoms with van der Waals surface area (Å²) in [7, 11) is 0. The third kappa shape index (κ3) is 4.04. The number of aliphatic carboxylic acids is 1. The van der Waals surface area contributed by atoms with Crippen LogP contribution in [0, 0.1) is 5.92 Å². The van der Waals surface area contributed by atoms with Gasteiger partial charge >= 0.3 is 5.97 Å². The molecule has 2 saturated heterocycles. The van der Waals surface area contributed by atoms with E-state index in [1.54, 1.807) is 0 Å². The second kappa shape index (κ2) is 8.97. The zero-order chi connectivity index (χ0) is 22.3. The summed E-state index contributed by atoms with van der Waals surface area (Å²) in [4.78, 5) is 40.6. The van der Waals surface area contributed by atoms with Crippen molar-refractivity contribution in [2.75, 3.05) is 13.1 Å². The van der Waals surface area contributed by atoms with Gasteiger partial charge in [0.2, 0.25) is 5.91 Å². The van der Waals surface area contributed by atoms with Gasteiger partial charge in [0.1, 0.15) is 5.37 Å². The normalized spacial score (nSPS) is 27.8. The van der Waals surface area contributed by atoms with Crippen molar-refractivity contribution in [3.8, 4) is 0 Å². The lowest BCUT2D eigenvalue weighted by Gasteiger charge is -2.44.